The fraction of sp³-hybridized carbons (Fsp3) is 0. The van der Waals surface area contributed by atoms with Crippen molar-refractivity contribution in [1.29, 1.82) is 0 Å². The van der Waals surface area contributed by atoms with Crippen LogP contribution < -0.4 is 0 Å². The molecule has 51 heavy (non-hydrogen) atoms. The first-order valence-electron chi connectivity index (χ1n) is 17.3. The van der Waals surface area contributed by atoms with Crippen LogP contribution >= 0.6 is 0 Å². The summed E-state index contributed by atoms with van der Waals surface area (Å²) in [5, 5.41) is 8.28. The van der Waals surface area contributed by atoms with Gasteiger partial charge in [-0.1, -0.05) is 121 Å². The number of nitrogens with zero attached hydrogens (tertiary/aromatic N) is 4. The minimum absolute atomic E-state index is 0.618. The first kappa shape index (κ1) is 26.9. The monoisotopic (exact) mass is 650 g/mol. The quantitative estimate of drug-likeness (QED) is 0.191. The minimum Gasteiger partial charge on any atom is -0.452 e. The van der Waals surface area contributed by atoms with E-state index in [2.05, 4.69) is 130 Å². The van der Waals surface area contributed by atoms with E-state index in [1.165, 1.54) is 60.0 Å². The number of fused-ring (bicyclic) bond motifs is 13. The van der Waals surface area contributed by atoms with Crippen LogP contribution in [0.1, 0.15) is 0 Å². The number of para-hydroxylation sites is 3. The molecule has 0 N–H and O–H groups in total. The zero-order valence-electron chi connectivity index (χ0n) is 27.2. The van der Waals surface area contributed by atoms with E-state index >= 15 is 0 Å². The van der Waals surface area contributed by atoms with E-state index in [4.69, 9.17) is 14.4 Å². The summed E-state index contributed by atoms with van der Waals surface area (Å²) in [6.07, 6.45) is 0. The Morgan fingerprint density at radius 1 is 0.431 bits per heavy atom. The number of hydrogen-bond donors (Lipinski definition) is 0. The molecule has 0 amide bonds. The van der Waals surface area contributed by atoms with Crippen LogP contribution in [-0.4, -0.2) is 18.9 Å². The zero-order valence-corrected chi connectivity index (χ0v) is 27.2. The lowest BCUT2D eigenvalue weighted by molar-refractivity contribution is 0.666. The van der Waals surface area contributed by atoms with Crippen LogP contribution in [0.5, 0.6) is 0 Å². The largest absolute Gasteiger partial charge is 0.452 e. The van der Waals surface area contributed by atoms with Gasteiger partial charge in [0, 0.05) is 43.3 Å². The fourth-order valence-corrected chi connectivity index (χ4v) is 8.51. The number of furan rings is 1. The molecule has 5 aromatic heterocycles. The number of benzene rings is 7. The predicted molar refractivity (Wildman–Crippen MR) is 209 cm³/mol. The van der Waals surface area contributed by atoms with Gasteiger partial charge in [0.05, 0.1) is 27.6 Å². The summed E-state index contributed by atoms with van der Waals surface area (Å²) in [7, 11) is 0. The molecule has 0 fully saturated rings. The molecule has 5 heteroatoms. The van der Waals surface area contributed by atoms with Crippen LogP contribution in [0, 0.1) is 0 Å². The molecule has 0 saturated carbocycles. The van der Waals surface area contributed by atoms with Crippen LogP contribution in [0.15, 0.2) is 162 Å². The third-order valence-corrected chi connectivity index (χ3v) is 10.7. The summed E-state index contributed by atoms with van der Waals surface area (Å²) in [6.45, 7) is 0. The van der Waals surface area contributed by atoms with Gasteiger partial charge < -0.3 is 8.82 Å². The topological polar surface area (TPSA) is 48.3 Å². The van der Waals surface area contributed by atoms with Crippen molar-refractivity contribution in [3.05, 3.63) is 158 Å². The summed E-state index contributed by atoms with van der Waals surface area (Å²) >= 11 is 0. The van der Waals surface area contributed by atoms with Gasteiger partial charge in [-0.3, -0.25) is 4.57 Å². The van der Waals surface area contributed by atoms with Gasteiger partial charge in [-0.2, -0.15) is 0 Å². The molecule has 236 valence electrons. The normalized spacial score (nSPS) is 12.3. The van der Waals surface area contributed by atoms with E-state index in [-0.39, 0.29) is 0 Å². The van der Waals surface area contributed by atoms with Crippen molar-refractivity contribution in [3.63, 3.8) is 0 Å². The molecule has 5 nitrogen and oxygen atoms in total. The van der Waals surface area contributed by atoms with Crippen molar-refractivity contribution in [2.75, 3.05) is 0 Å². The lowest BCUT2D eigenvalue weighted by atomic mass is 10.0. The summed E-state index contributed by atoms with van der Waals surface area (Å²) < 4.78 is 11.2. The van der Waals surface area contributed by atoms with Gasteiger partial charge in [-0.25, -0.2) is 9.97 Å². The number of rotatable bonds is 3. The van der Waals surface area contributed by atoms with E-state index in [1.807, 2.05) is 36.4 Å². The Kier molecular flexibility index (Phi) is 5.17. The van der Waals surface area contributed by atoms with Crippen LogP contribution in [0.3, 0.4) is 0 Å². The molecular weight excluding hydrogens is 625 g/mol. The first-order valence-corrected chi connectivity index (χ1v) is 17.3. The SMILES string of the molecule is c1ccc(-c2ccc3c4cc5c(c6ccccc6n5-c5nc(-c6ccccc6)c6oc7ccccc7c6n5)c5c6ccccc6n(c3c2)c45)cc1. The van der Waals surface area contributed by atoms with Crippen molar-refractivity contribution in [2.45, 2.75) is 0 Å². The van der Waals surface area contributed by atoms with Crippen LogP contribution in [0.2, 0.25) is 0 Å². The smallest absolute Gasteiger partial charge is 0.236 e. The second-order valence-electron chi connectivity index (χ2n) is 13.4. The molecule has 5 heterocycles. The average molecular weight is 651 g/mol. The molecule has 0 aliphatic rings. The minimum atomic E-state index is 0.618. The highest BCUT2D eigenvalue weighted by molar-refractivity contribution is 6.35. The molecule has 0 spiro atoms. The highest BCUT2D eigenvalue weighted by Gasteiger charge is 2.26. The van der Waals surface area contributed by atoms with E-state index in [0.717, 1.165) is 38.8 Å². The van der Waals surface area contributed by atoms with Gasteiger partial charge in [-0.05, 0) is 47.5 Å². The third kappa shape index (κ3) is 3.54. The van der Waals surface area contributed by atoms with Gasteiger partial charge in [0.2, 0.25) is 5.95 Å². The average Bonchev–Trinajstić information content (AvgIpc) is 3.93. The van der Waals surface area contributed by atoms with Crippen molar-refractivity contribution in [2.24, 2.45) is 0 Å². The summed E-state index contributed by atoms with van der Waals surface area (Å²) in [6, 6.07) is 55.8. The van der Waals surface area contributed by atoms with Crippen molar-refractivity contribution in [1.82, 2.24) is 18.9 Å². The molecule has 0 aliphatic heterocycles. The van der Waals surface area contributed by atoms with E-state index < -0.39 is 0 Å². The molecule has 0 unspecified atom stereocenters. The van der Waals surface area contributed by atoms with E-state index in [0.29, 0.717) is 11.5 Å². The van der Waals surface area contributed by atoms with Crippen LogP contribution in [0.25, 0.3) is 110 Å². The Hall–Kier alpha value is -6.98. The Labute approximate surface area is 290 Å². The molecular formula is C46H26N4O. The Morgan fingerprint density at radius 2 is 1.10 bits per heavy atom. The van der Waals surface area contributed by atoms with Gasteiger partial charge in [0.15, 0.2) is 5.58 Å². The third-order valence-electron chi connectivity index (χ3n) is 10.7. The Balaban J connectivity index is 1.27. The molecule has 0 atom stereocenters. The van der Waals surface area contributed by atoms with Crippen LogP contribution in [-0.2, 0) is 0 Å². The number of hydrogen-bond acceptors (Lipinski definition) is 3. The van der Waals surface area contributed by atoms with Gasteiger partial charge >= 0.3 is 0 Å². The molecule has 0 bridgehead atoms. The molecule has 12 rings (SSSR count). The van der Waals surface area contributed by atoms with E-state index in [1.54, 1.807) is 0 Å². The summed E-state index contributed by atoms with van der Waals surface area (Å²) in [5.41, 5.74) is 12.3. The Morgan fingerprint density at radius 3 is 1.90 bits per heavy atom. The first-order chi connectivity index (χ1) is 25.3. The maximum atomic E-state index is 6.47. The lowest BCUT2D eigenvalue weighted by Gasteiger charge is -2.09. The van der Waals surface area contributed by atoms with Crippen molar-refractivity contribution < 1.29 is 4.42 Å². The maximum absolute atomic E-state index is 6.47. The van der Waals surface area contributed by atoms with Crippen LogP contribution in [0.4, 0.5) is 0 Å². The zero-order chi connectivity index (χ0) is 33.2. The fourth-order valence-electron chi connectivity index (χ4n) is 8.51. The van der Waals surface area contributed by atoms with Gasteiger partial charge in [0.1, 0.15) is 16.8 Å². The molecule has 0 radical (unpaired) electrons. The van der Waals surface area contributed by atoms with Gasteiger partial charge in [-0.15, -0.1) is 0 Å². The van der Waals surface area contributed by atoms with E-state index in [9.17, 15) is 0 Å². The second-order valence-corrected chi connectivity index (χ2v) is 13.4. The molecule has 0 saturated heterocycles. The van der Waals surface area contributed by atoms with Crippen molar-refractivity contribution >= 4 is 82.0 Å². The Bertz CT molecular complexity index is 3350. The molecule has 0 aliphatic carbocycles. The number of aromatic nitrogens is 4. The van der Waals surface area contributed by atoms with Crippen molar-refractivity contribution in [3.8, 4) is 28.3 Å². The van der Waals surface area contributed by atoms with Gasteiger partial charge in [0.25, 0.3) is 0 Å². The second kappa shape index (κ2) is 9.80. The molecule has 7 aromatic carbocycles. The summed E-state index contributed by atoms with van der Waals surface area (Å²) in [4.78, 5) is 10.7. The summed E-state index contributed by atoms with van der Waals surface area (Å²) in [5.74, 6) is 0.618. The standard InChI is InChI=1S/C46H26N4O/c1-3-13-27(14-4-1)29-23-24-30-34-26-38-40(41-32-18-8-10-20-35(32)49(44(34)41)37(30)25-29)31-17-7-11-21-36(31)50(38)46-47-42(28-15-5-2-6-16-28)45-43(48-46)33-19-9-12-22-39(33)51-45/h1-26H. The lowest BCUT2D eigenvalue weighted by Crippen LogP contribution is -2.02. The predicted octanol–water partition coefficient (Wildman–Crippen LogP) is 12.0. The highest BCUT2D eigenvalue weighted by atomic mass is 16.3. The maximum Gasteiger partial charge on any atom is 0.236 e. The molecule has 12 aromatic rings. The highest BCUT2D eigenvalue weighted by Crippen LogP contribution is 2.47.